The number of nitrogens with zero attached hydrogens (tertiary/aromatic N) is 2. The molecule has 4 aromatic rings. The maximum Gasteiger partial charge on any atom is 0.336 e. The summed E-state index contributed by atoms with van der Waals surface area (Å²) >= 11 is 1.16. The van der Waals surface area contributed by atoms with E-state index in [-0.39, 0.29) is 16.6 Å². The topological polar surface area (TPSA) is 86.1 Å². The number of hydrogen-bond donors (Lipinski definition) is 2. The third-order valence-corrected chi connectivity index (χ3v) is 8.85. The van der Waals surface area contributed by atoms with Gasteiger partial charge in [0.25, 0.3) is 0 Å². The lowest BCUT2D eigenvalue weighted by Crippen LogP contribution is -2.44. The van der Waals surface area contributed by atoms with Crippen LogP contribution >= 0.6 is 11.8 Å². The van der Waals surface area contributed by atoms with E-state index in [1.165, 1.54) is 28.9 Å². The first kappa shape index (κ1) is 23.4. The number of imidazole rings is 1. The van der Waals surface area contributed by atoms with E-state index in [0.29, 0.717) is 16.2 Å². The second kappa shape index (κ2) is 10.1. The van der Waals surface area contributed by atoms with Gasteiger partial charge in [-0.25, -0.2) is 4.98 Å². The van der Waals surface area contributed by atoms with Gasteiger partial charge in [0.2, 0.25) is 5.91 Å². The number of nitrogens with one attached hydrogen (secondary N) is 2. The van der Waals surface area contributed by atoms with Crippen molar-refractivity contribution in [1.29, 1.82) is 0 Å². The fraction of sp³-hybridized carbons (Fsp3) is 0.231. The second-order valence-electron chi connectivity index (χ2n) is 8.46. The first-order valence-electron chi connectivity index (χ1n) is 11.6. The fourth-order valence-electron chi connectivity index (χ4n) is 4.30. The molecule has 5 rings (SSSR count). The SMILES string of the molecule is O=C(CSc1[nH]c2ccccc2[n+]1S(=O)(=O)c1ccccc1)Nc1ccc(N2CCCCC2)cc1. The largest absolute Gasteiger partial charge is 0.372 e. The molecule has 3 aromatic carbocycles. The van der Waals surface area contributed by atoms with Gasteiger partial charge in [0.15, 0.2) is 11.0 Å². The highest BCUT2D eigenvalue weighted by Crippen LogP contribution is 2.24. The lowest BCUT2D eigenvalue weighted by molar-refractivity contribution is -0.526. The number of H-pyrrole nitrogens is 1. The molecule has 0 atom stereocenters. The van der Waals surface area contributed by atoms with Crippen LogP contribution in [0, 0.1) is 0 Å². The Morgan fingerprint density at radius 3 is 2.34 bits per heavy atom. The number of amides is 1. The molecule has 0 spiro atoms. The Morgan fingerprint density at radius 1 is 0.914 bits per heavy atom. The van der Waals surface area contributed by atoms with Crippen molar-refractivity contribution in [3.63, 3.8) is 0 Å². The second-order valence-corrected chi connectivity index (χ2v) is 11.2. The van der Waals surface area contributed by atoms with Gasteiger partial charge >= 0.3 is 15.2 Å². The lowest BCUT2D eigenvalue weighted by Gasteiger charge is -2.28. The summed E-state index contributed by atoms with van der Waals surface area (Å²) in [5, 5.41) is 3.30. The van der Waals surface area contributed by atoms with Gasteiger partial charge in [-0.05, 0) is 79.6 Å². The molecule has 35 heavy (non-hydrogen) atoms. The molecule has 1 fully saturated rings. The zero-order valence-corrected chi connectivity index (χ0v) is 20.8. The summed E-state index contributed by atoms with van der Waals surface area (Å²) in [5.41, 5.74) is 3.11. The minimum atomic E-state index is -3.85. The van der Waals surface area contributed by atoms with E-state index in [9.17, 15) is 13.2 Å². The smallest absolute Gasteiger partial charge is 0.336 e. The van der Waals surface area contributed by atoms with Crippen molar-refractivity contribution in [2.45, 2.75) is 29.3 Å². The summed E-state index contributed by atoms with van der Waals surface area (Å²) in [6.45, 7) is 2.14. The zero-order valence-electron chi connectivity index (χ0n) is 19.2. The highest BCUT2D eigenvalue weighted by molar-refractivity contribution is 8.00. The maximum atomic E-state index is 13.5. The van der Waals surface area contributed by atoms with Crippen LogP contribution in [0.1, 0.15) is 19.3 Å². The van der Waals surface area contributed by atoms with Crippen molar-refractivity contribution >= 4 is 50.1 Å². The monoisotopic (exact) mass is 507 g/mol. The number of carbonyl (C=O) groups excluding carboxylic acids is 1. The Balaban J connectivity index is 1.32. The van der Waals surface area contributed by atoms with Gasteiger partial charge in [0, 0.05) is 24.5 Å². The minimum Gasteiger partial charge on any atom is -0.372 e. The third kappa shape index (κ3) is 5.06. The molecular weight excluding hydrogens is 480 g/mol. The van der Waals surface area contributed by atoms with Crippen molar-refractivity contribution in [1.82, 2.24) is 4.98 Å². The Labute approximate surface area is 209 Å². The standard InChI is InChI=1S/C26H26N4O3S2/c31-25(27-20-13-15-21(16-14-20)29-17-7-2-8-18-29)19-34-26-28-23-11-5-6-12-24(23)30(26)35(32,33)22-9-3-1-4-10-22/h1,3-6,9-16H,2,7-8,17-19H2,(H,27,31)/p+1. The number of thioether (sulfide) groups is 1. The molecule has 0 aliphatic carbocycles. The van der Waals surface area contributed by atoms with Crippen molar-refractivity contribution in [2.75, 3.05) is 29.1 Å². The van der Waals surface area contributed by atoms with Crippen molar-refractivity contribution in [2.24, 2.45) is 0 Å². The average Bonchev–Trinajstić information content (AvgIpc) is 3.28. The van der Waals surface area contributed by atoms with E-state index in [4.69, 9.17) is 0 Å². The van der Waals surface area contributed by atoms with E-state index in [2.05, 4.69) is 15.2 Å². The Morgan fingerprint density at radius 2 is 1.60 bits per heavy atom. The molecular formula is C26H27N4O3S2+. The highest BCUT2D eigenvalue weighted by Gasteiger charge is 2.31. The van der Waals surface area contributed by atoms with Gasteiger partial charge in [-0.3, -0.25) is 4.79 Å². The molecule has 0 bridgehead atoms. The predicted molar refractivity (Wildman–Crippen MR) is 139 cm³/mol. The normalized spacial score (nSPS) is 14.2. The van der Waals surface area contributed by atoms with Crippen molar-refractivity contribution in [3.05, 3.63) is 78.9 Å². The zero-order chi connectivity index (χ0) is 24.3. The number of rotatable bonds is 7. The fourth-order valence-corrected chi connectivity index (χ4v) is 6.89. The molecule has 2 N–H and O–H groups in total. The number of fused-ring (bicyclic) bond motifs is 1. The predicted octanol–water partition coefficient (Wildman–Crippen LogP) is 4.41. The Bertz CT molecular complexity index is 1430. The molecule has 0 radical (unpaired) electrons. The minimum absolute atomic E-state index is 0.0605. The molecule has 0 unspecified atom stereocenters. The highest BCUT2D eigenvalue weighted by atomic mass is 32.2. The molecule has 1 aromatic heterocycles. The van der Waals surface area contributed by atoms with Gasteiger partial charge < -0.3 is 10.2 Å². The van der Waals surface area contributed by atoms with Crippen LogP contribution in [0.15, 0.2) is 88.9 Å². The summed E-state index contributed by atoms with van der Waals surface area (Å²) in [6, 6.07) is 23.4. The number of anilines is 2. The first-order valence-corrected chi connectivity index (χ1v) is 14.1. The molecule has 0 saturated carbocycles. The number of para-hydroxylation sites is 2. The van der Waals surface area contributed by atoms with Gasteiger partial charge in [0.1, 0.15) is 4.90 Å². The van der Waals surface area contributed by atoms with E-state index < -0.39 is 10.0 Å². The summed E-state index contributed by atoms with van der Waals surface area (Å²) in [4.78, 5) is 18.4. The Kier molecular flexibility index (Phi) is 6.79. The molecule has 1 aliphatic rings. The van der Waals surface area contributed by atoms with Crippen molar-refractivity contribution < 1.29 is 17.2 Å². The van der Waals surface area contributed by atoms with Crippen LogP contribution in [0.3, 0.4) is 0 Å². The first-order chi connectivity index (χ1) is 17.0. The summed E-state index contributed by atoms with van der Waals surface area (Å²) in [6.07, 6.45) is 3.71. The van der Waals surface area contributed by atoms with Crippen LogP contribution in [0.4, 0.5) is 11.4 Å². The van der Waals surface area contributed by atoms with E-state index in [1.807, 2.05) is 36.4 Å². The summed E-state index contributed by atoms with van der Waals surface area (Å²) in [5.74, 6) is -0.145. The van der Waals surface area contributed by atoms with Gasteiger partial charge in [0.05, 0.1) is 5.75 Å². The molecule has 7 nitrogen and oxygen atoms in total. The van der Waals surface area contributed by atoms with Crippen LogP contribution in [0.5, 0.6) is 0 Å². The van der Waals surface area contributed by atoms with Crippen LogP contribution in [0.2, 0.25) is 0 Å². The van der Waals surface area contributed by atoms with Gasteiger partial charge in [-0.1, -0.05) is 30.3 Å². The van der Waals surface area contributed by atoms with Crippen molar-refractivity contribution in [3.8, 4) is 0 Å². The Hall–Kier alpha value is -3.30. The summed E-state index contributed by atoms with van der Waals surface area (Å²) in [7, 11) is -3.85. The quantitative estimate of drug-likeness (QED) is 0.286. The van der Waals surface area contributed by atoms with E-state index in [1.54, 1.807) is 42.5 Å². The van der Waals surface area contributed by atoms with Gasteiger partial charge in [-0.15, -0.1) is 3.97 Å². The number of benzene rings is 3. The number of hydrogen-bond acceptors (Lipinski definition) is 5. The number of piperidine rings is 1. The molecule has 180 valence electrons. The van der Waals surface area contributed by atoms with Crippen LogP contribution < -0.4 is 14.2 Å². The number of carbonyl (C=O) groups is 1. The molecule has 1 amide bonds. The van der Waals surface area contributed by atoms with Crippen LogP contribution in [-0.4, -0.2) is 38.2 Å². The number of aromatic nitrogens is 2. The van der Waals surface area contributed by atoms with E-state index in [0.717, 1.165) is 30.5 Å². The third-order valence-electron chi connectivity index (χ3n) is 6.04. The van der Waals surface area contributed by atoms with Crippen LogP contribution in [0.25, 0.3) is 11.0 Å². The molecule has 2 heterocycles. The lowest BCUT2D eigenvalue weighted by atomic mass is 10.1. The van der Waals surface area contributed by atoms with E-state index >= 15 is 0 Å². The molecule has 9 heteroatoms. The summed E-state index contributed by atoms with van der Waals surface area (Å²) < 4.78 is 28.2. The van der Waals surface area contributed by atoms with Gasteiger partial charge in [-0.2, -0.15) is 8.42 Å². The maximum absolute atomic E-state index is 13.5. The average molecular weight is 508 g/mol. The molecule has 1 saturated heterocycles. The number of aromatic amines is 1. The van der Waals surface area contributed by atoms with Crippen LogP contribution in [-0.2, 0) is 14.8 Å². The molecule has 1 aliphatic heterocycles.